The number of rotatable bonds is 2. The molecule has 3 heterocycles. The molecule has 2 aromatic rings. The molecule has 0 saturated heterocycles. The molecule has 1 aliphatic heterocycles. The maximum absolute atomic E-state index is 12.5. The van der Waals surface area contributed by atoms with E-state index in [1.165, 1.54) is 6.39 Å². The minimum Gasteiger partial charge on any atom is -0.438 e. The van der Waals surface area contributed by atoms with Gasteiger partial charge in [-0.2, -0.15) is 5.10 Å². The Hall–Kier alpha value is -2.15. The van der Waals surface area contributed by atoms with Crippen LogP contribution in [0.1, 0.15) is 21.9 Å². The lowest BCUT2D eigenvalue weighted by Gasteiger charge is -2.22. The highest BCUT2D eigenvalue weighted by molar-refractivity contribution is 5.92. The van der Waals surface area contributed by atoms with Crippen molar-refractivity contribution in [2.24, 2.45) is 0 Å². The van der Waals surface area contributed by atoms with Gasteiger partial charge in [0.15, 0.2) is 6.39 Å². The summed E-state index contributed by atoms with van der Waals surface area (Å²) in [6.45, 7) is 3.38. The average Bonchev–Trinajstić information content (AvgIpc) is 3.02. The summed E-state index contributed by atoms with van der Waals surface area (Å²) < 4.78 is 12.5. The molecule has 2 aromatic heterocycles. The molecule has 20 heavy (non-hydrogen) atoms. The second kappa shape index (κ2) is 5.09. The predicted molar refractivity (Wildman–Crippen MR) is 69.0 cm³/mol. The van der Waals surface area contributed by atoms with E-state index >= 15 is 0 Å². The molecule has 0 radical (unpaired) electrons. The third-order valence-corrected chi connectivity index (χ3v) is 3.52. The Morgan fingerprint density at radius 1 is 1.50 bits per heavy atom. The zero-order valence-corrected chi connectivity index (χ0v) is 11.4. The highest BCUT2D eigenvalue weighted by Crippen LogP contribution is 2.17. The normalized spacial score (nSPS) is 18.7. The Morgan fingerprint density at radius 2 is 2.35 bits per heavy atom. The molecule has 0 saturated carbocycles. The van der Waals surface area contributed by atoms with E-state index in [9.17, 15) is 4.79 Å². The molecule has 1 unspecified atom stereocenters. The minimum atomic E-state index is -0.170. The van der Waals surface area contributed by atoms with Crippen molar-refractivity contribution in [1.29, 1.82) is 0 Å². The first-order valence-corrected chi connectivity index (χ1v) is 6.42. The van der Waals surface area contributed by atoms with E-state index in [1.807, 2.05) is 10.7 Å². The Balaban J connectivity index is 1.89. The molecular formula is C13H16N4O3. The smallest absolute Gasteiger partial charge is 0.292 e. The Kier molecular flexibility index (Phi) is 3.27. The SMILES string of the molecule is COC1CN(C(=O)c2ocnc2C)Cc2ccnn2C1. The second-order valence-corrected chi connectivity index (χ2v) is 4.81. The number of methoxy groups -OCH3 is 1. The van der Waals surface area contributed by atoms with Crippen LogP contribution in [0.4, 0.5) is 0 Å². The van der Waals surface area contributed by atoms with Crippen LogP contribution in [0.2, 0.25) is 0 Å². The molecule has 0 bridgehead atoms. The van der Waals surface area contributed by atoms with Gasteiger partial charge < -0.3 is 14.1 Å². The Bertz CT molecular complexity index is 619. The largest absolute Gasteiger partial charge is 0.438 e. The summed E-state index contributed by atoms with van der Waals surface area (Å²) in [4.78, 5) is 18.2. The van der Waals surface area contributed by atoms with Crippen LogP contribution in [0.25, 0.3) is 0 Å². The Labute approximate surface area is 116 Å². The fraction of sp³-hybridized carbons (Fsp3) is 0.462. The van der Waals surface area contributed by atoms with Crippen LogP contribution in [0, 0.1) is 6.92 Å². The number of aryl methyl sites for hydroxylation is 1. The van der Waals surface area contributed by atoms with Gasteiger partial charge in [-0.1, -0.05) is 0 Å². The fourth-order valence-corrected chi connectivity index (χ4v) is 2.37. The van der Waals surface area contributed by atoms with Gasteiger partial charge in [-0.05, 0) is 13.0 Å². The van der Waals surface area contributed by atoms with Gasteiger partial charge in [0.2, 0.25) is 5.76 Å². The van der Waals surface area contributed by atoms with Crippen molar-refractivity contribution in [3.63, 3.8) is 0 Å². The number of hydrogen-bond donors (Lipinski definition) is 0. The van der Waals surface area contributed by atoms with Gasteiger partial charge >= 0.3 is 0 Å². The first-order valence-electron chi connectivity index (χ1n) is 6.42. The van der Waals surface area contributed by atoms with Crippen molar-refractivity contribution in [3.8, 4) is 0 Å². The standard InChI is InChI=1S/C13H16N4O3/c1-9-12(20-8-14-9)13(18)16-5-10-3-4-15-17(10)7-11(6-16)19-2/h3-4,8,11H,5-7H2,1-2H3. The lowest BCUT2D eigenvalue weighted by molar-refractivity contribution is 0.0430. The maximum Gasteiger partial charge on any atom is 0.292 e. The molecule has 0 N–H and O–H groups in total. The zero-order valence-electron chi connectivity index (χ0n) is 11.4. The number of carbonyl (C=O) groups is 1. The van der Waals surface area contributed by atoms with Crippen LogP contribution in [0.3, 0.4) is 0 Å². The molecule has 0 aromatic carbocycles. The second-order valence-electron chi connectivity index (χ2n) is 4.81. The Morgan fingerprint density at radius 3 is 3.05 bits per heavy atom. The fourth-order valence-electron chi connectivity index (χ4n) is 2.37. The van der Waals surface area contributed by atoms with Crippen LogP contribution >= 0.6 is 0 Å². The van der Waals surface area contributed by atoms with Crippen molar-refractivity contribution < 1.29 is 13.9 Å². The zero-order chi connectivity index (χ0) is 14.1. The van der Waals surface area contributed by atoms with Gasteiger partial charge in [0, 0.05) is 19.9 Å². The molecular weight excluding hydrogens is 260 g/mol. The first-order chi connectivity index (χ1) is 9.69. The summed E-state index contributed by atoms with van der Waals surface area (Å²) in [5.41, 5.74) is 1.58. The third kappa shape index (κ3) is 2.20. The molecule has 3 rings (SSSR count). The summed E-state index contributed by atoms with van der Waals surface area (Å²) in [6, 6.07) is 1.91. The van der Waals surface area contributed by atoms with Crippen molar-refractivity contribution >= 4 is 5.91 Å². The van der Waals surface area contributed by atoms with Gasteiger partial charge in [-0.15, -0.1) is 0 Å². The van der Waals surface area contributed by atoms with Crippen LogP contribution in [-0.4, -0.2) is 45.3 Å². The van der Waals surface area contributed by atoms with Crippen molar-refractivity contribution in [3.05, 3.63) is 35.8 Å². The molecule has 0 fully saturated rings. The number of oxazole rings is 1. The highest BCUT2D eigenvalue weighted by atomic mass is 16.5. The summed E-state index contributed by atoms with van der Waals surface area (Å²) >= 11 is 0. The van der Waals surface area contributed by atoms with E-state index in [1.54, 1.807) is 25.1 Å². The van der Waals surface area contributed by atoms with E-state index in [-0.39, 0.29) is 17.8 Å². The number of aromatic nitrogens is 3. The summed E-state index contributed by atoms with van der Waals surface area (Å²) in [5.74, 6) is 0.115. The van der Waals surface area contributed by atoms with E-state index in [0.29, 0.717) is 25.3 Å². The highest BCUT2D eigenvalue weighted by Gasteiger charge is 2.28. The van der Waals surface area contributed by atoms with E-state index in [4.69, 9.17) is 9.15 Å². The maximum atomic E-state index is 12.5. The summed E-state index contributed by atoms with van der Waals surface area (Å²) in [6.07, 6.45) is 2.93. The summed E-state index contributed by atoms with van der Waals surface area (Å²) in [5, 5.41) is 4.25. The van der Waals surface area contributed by atoms with Crippen molar-refractivity contribution in [1.82, 2.24) is 19.7 Å². The number of fused-ring (bicyclic) bond motifs is 1. The van der Waals surface area contributed by atoms with Gasteiger partial charge in [0.25, 0.3) is 5.91 Å². The quantitative estimate of drug-likeness (QED) is 0.813. The monoisotopic (exact) mass is 276 g/mol. The lowest BCUT2D eigenvalue weighted by Crippen LogP contribution is -2.37. The predicted octanol–water partition coefficient (Wildman–Crippen LogP) is 0.851. The molecule has 7 heteroatoms. The minimum absolute atomic E-state index is 0.0941. The molecule has 1 amide bonds. The number of amides is 1. The molecule has 0 spiro atoms. The number of hydrogen-bond acceptors (Lipinski definition) is 5. The number of nitrogens with zero attached hydrogens (tertiary/aromatic N) is 4. The molecule has 1 aliphatic rings. The van der Waals surface area contributed by atoms with E-state index in [0.717, 1.165) is 5.69 Å². The van der Waals surface area contributed by atoms with Crippen LogP contribution in [0.15, 0.2) is 23.1 Å². The van der Waals surface area contributed by atoms with Crippen molar-refractivity contribution in [2.45, 2.75) is 26.1 Å². The molecule has 0 aliphatic carbocycles. The topological polar surface area (TPSA) is 73.4 Å². The number of carbonyl (C=O) groups excluding carboxylic acids is 1. The van der Waals surface area contributed by atoms with Gasteiger partial charge in [-0.3, -0.25) is 9.48 Å². The van der Waals surface area contributed by atoms with Crippen LogP contribution < -0.4 is 0 Å². The first kappa shape index (κ1) is 12.9. The van der Waals surface area contributed by atoms with Gasteiger partial charge in [-0.25, -0.2) is 4.98 Å². The number of ether oxygens (including phenoxy) is 1. The molecule has 7 nitrogen and oxygen atoms in total. The van der Waals surface area contributed by atoms with Gasteiger partial charge in [0.1, 0.15) is 0 Å². The third-order valence-electron chi connectivity index (χ3n) is 3.52. The van der Waals surface area contributed by atoms with Crippen LogP contribution in [0.5, 0.6) is 0 Å². The molecule has 1 atom stereocenters. The van der Waals surface area contributed by atoms with Gasteiger partial charge in [0.05, 0.1) is 30.6 Å². The van der Waals surface area contributed by atoms with E-state index < -0.39 is 0 Å². The summed E-state index contributed by atoms with van der Waals surface area (Å²) in [7, 11) is 1.64. The average molecular weight is 276 g/mol. The lowest BCUT2D eigenvalue weighted by atomic mass is 10.2. The molecule has 106 valence electrons. The van der Waals surface area contributed by atoms with Crippen LogP contribution in [-0.2, 0) is 17.8 Å². The van der Waals surface area contributed by atoms with E-state index in [2.05, 4.69) is 10.1 Å². The van der Waals surface area contributed by atoms with Crippen molar-refractivity contribution in [2.75, 3.05) is 13.7 Å².